The number of halogens is 2. The van der Waals surface area contributed by atoms with Gasteiger partial charge in [0, 0.05) is 0 Å². The monoisotopic (exact) mass is 259 g/mol. The molecule has 0 atom stereocenters. The van der Waals surface area contributed by atoms with Gasteiger partial charge >= 0.3 is 0 Å². The molecule has 0 amide bonds. The van der Waals surface area contributed by atoms with E-state index in [2.05, 4.69) is 4.98 Å². The van der Waals surface area contributed by atoms with Gasteiger partial charge in [-0.2, -0.15) is 4.98 Å². The molecular weight excluding hydrogens is 253 g/mol. The van der Waals surface area contributed by atoms with Crippen molar-refractivity contribution in [2.24, 2.45) is 0 Å². The van der Waals surface area contributed by atoms with E-state index in [1.807, 2.05) is 30.3 Å². The number of nitrogens with zero attached hydrogens (tertiary/aromatic N) is 1. The number of rotatable bonds is 3. The lowest BCUT2D eigenvalue weighted by Gasteiger charge is -1.98. The molecule has 0 saturated heterocycles. The molecule has 0 bridgehead atoms. The van der Waals surface area contributed by atoms with E-state index in [4.69, 9.17) is 27.9 Å². The average Bonchev–Trinajstić information content (AvgIpc) is 2.60. The third-order valence-electron chi connectivity index (χ3n) is 1.70. The van der Waals surface area contributed by atoms with Crippen LogP contribution in [0.15, 0.2) is 30.3 Å². The number of aromatic nitrogens is 1. The number of ether oxygens (including phenoxy) is 1. The SMILES string of the molecule is ClCc1sc(Oc2ccccc2)nc1Cl. The third kappa shape index (κ3) is 2.62. The van der Waals surface area contributed by atoms with Crippen LogP contribution in [0, 0.1) is 0 Å². The number of alkyl halides is 1. The summed E-state index contributed by atoms with van der Waals surface area (Å²) >= 11 is 12.9. The molecule has 0 saturated carbocycles. The summed E-state index contributed by atoms with van der Waals surface area (Å²) in [6, 6.07) is 9.43. The summed E-state index contributed by atoms with van der Waals surface area (Å²) in [5, 5.41) is 0.933. The highest BCUT2D eigenvalue weighted by Gasteiger charge is 2.09. The molecule has 0 aliphatic heterocycles. The van der Waals surface area contributed by atoms with Crippen LogP contribution in [-0.4, -0.2) is 4.98 Å². The average molecular weight is 260 g/mol. The van der Waals surface area contributed by atoms with Gasteiger partial charge in [0.05, 0.1) is 10.8 Å². The molecule has 0 N–H and O–H groups in total. The van der Waals surface area contributed by atoms with E-state index < -0.39 is 0 Å². The minimum absolute atomic E-state index is 0.356. The molecule has 0 spiro atoms. The van der Waals surface area contributed by atoms with E-state index in [1.54, 1.807) is 0 Å². The highest BCUT2D eigenvalue weighted by molar-refractivity contribution is 7.14. The normalized spacial score (nSPS) is 10.3. The van der Waals surface area contributed by atoms with E-state index in [1.165, 1.54) is 11.3 Å². The quantitative estimate of drug-likeness (QED) is 0.766. The second-order valence-electron chi connectivity index (χ2n) is 2.74. The molecule has 0 aliphatic rings. The van der Waals surface area contributed by atoms with Crippen molar-refractivity contribution in [3.63, 3.8) is 0 Å². The van der Waals surface area contributed by atoms with Crippen molar-refractivity contribution in [1.82, 2.24) is 4.98 Å². The van der Waals surface area contributed by atoms with Gasteiger partial charge in [-0.25, -0.2) is 0 Å². The summed E-state index contributed by atoms with van der Waals surface area (Å²) in [7, 11) is 0. The molecular formula is C10H7Cl2NOS. The van der Waals surface area contributed by atoms with Gasteiger partial charge in [0.25, 0.3) is 5.19 Å². The topological polar surface area (TPSA) is 22.1 Å². The van der Waals surface area contributed by atoms with Crippen LogP contribution in [-0.2, 0) is 5.88 Å². The van der Waals surface area contributed by atoms with Gasteiger partial charge in [-0.1, -0.05) is 41.1 Å². The van der Waals surface area contributed by atoms with Crippen LogP contribution in [0.4, 0.5) is 0 Å². The Kier molecular flexibility index (Phi) is 3.46. The Labute approximate surface area is 101 Å². The Balaban J connectivity index is 2.18. The highest BCUT2D eigenvalue weighted by Crippen LogP contribution is 2.32. The van der Waals surface area contributed by atoms with Gasteiger partial charge in [0.15, 0.2) is 0 Å². The summed E-state index contributed by atoms with van der Waals surface area (Å²) in [6.45, 7) is 0. The Morgan fingerprint density at radius 2 is 2.00 bits per heavy atom. The van der Waals surface area contributed by atoms with Crippen molar-refractivity contribution < 1.29 is 4.74 Å². The molecule has 15 heavy (non-hydrogen) atoms. The van der Waals surface area contributed by atoms with Gasteiger partial charge in [-0.15, -0.1) is 11.6 Å². The summed E-state index contributed by atoms with van der Waals surface area (Å²) in [5.74, 6) is 1.10. The molecule has 1 aromatic heterocycles. The minimum atomic E-state index is 0.356. The number of hydrogen-bond donors (Lipinski definition) is 0. The molecule has 0 fully saturated rings. The fourth-order valence-electron chi connectivity index (χ4n) is 1.03. The fraction of sp³-hybridized carbons (Fsp3) is 0.100. The zero-order valence-electron chi connectivity index (χ0n) is 7.61. The maximum Gasteiger partial charge on any atom is 0.280 e. The molecule has 1 heterocycles. The zero-order chi connectivity index (χ0) is 10.7. The van der Waals surface area contributed by atoms with Gasteiger partial charge < -0.3 is 4.74 Å². The van der Waals surface area contributed by atoms with Crippen LogP contribution < -0.4 is 4.74 Å². The molecule has 1 aromatic carbocycles. The summed E-state index contributed by atoms with van der Waals surface area (Å²) in [6.07, 6.45) is 0. The number of hydrogen-bond acceptors (Lipinski definition) is 3. The van der Waals surface area contributed by atoms with Crippen molar-refractivity contribution in [3.05, 3.63) is 40.4 Å². The van der Waals surface area contributed by atoms with Crippen molar-refractivity contribution in [2.45, 2.75) is 5.88 Å². The molecule has 0 radical (unpaired) electrons. The van der Waals surface area contributed by atoms with E-state index >= 15 is 0 Å². The maximum absolute atomic E-state index is 5.85. The lowest BCUT2D eigenvalue weighted by molar-refractivity contribution is 0.479. The first-order chi connectivity index (χ1) is 7.29. The second-order valence-corrected chi connectivity index (χ2v) is 4.41. The Morgan fingerprint density at radius 3 is 2.60 bits per heavy atom. The van der Waals surface area contributed by atoms with Crippen LogP contribution in [0.3, 0.4) is 0 Å². The fourth-order valence-corrected chi connectivity index (χ4v) is 2.37. The van der Waals surface area contributed by atoms with Crippen LogP contribution in [0.2, 0.25) is 5.15 Å². The van der Waals surface area contributed by atoms with Gasteiger partial charge in [-0.3, -0.25) is 0 Å². The molecule has 78 valence electrons. The van der Waals surface area contributed by atoms with Gasteiger partial charge in [-0.05, 0) is 12.1 Å². The summed E-state index contributed by atoms with van der Waals surface area (Å²) < 4.78 is 5.51. The predicted octanol–water partition coefficient (Wildman–Crippen LogP) is 4.33. The van der Waals surface area contributed by atoms with Crippen molar-refractivity contribution in [2.75, 3.05) is 0 Å². The number of benzene rings is 1. The maximum atomic E-state index is 5.85. The van der Waals surface area contributed by atoms with Crippen LogP contribution >= 0.6 is 34.5 Å². The van der Waals surface area contributed by atoms with E-state index in [0.717, 1.165) is 10.6 Å². The highest BCUT2D eigenvalue weighted by atomic mass is 35.5. The second kappa shape index (κ2) is 4.84. The summed E-state index contributed by atoms with van der Waals surface area (Å²) in [5.41, 5.74) is 0. The minimum Gasteiger partial charge on any atom is -0.431 e. The molecule has 2 rings (SSSR count). The van der Waals surface area contributed by atoms with Gasteiger partial charge in [0.2, 0.25) is 0 Å². The van der Waals surface area contributed by atoms with Crippen molar-refractivity contribution in [3.8, 4) is 10.9 Å². The van der Waals surface area contributed by atoms with Crippen LogP contribution in [0.25, 0.3) is 0 Å². The van der Waals surface area contributed by atoms with Crippen molar-refractivity contribution >= 4 is 34.5 Å². The number of thiazole rings is 1. The Morgan fingerprint density at radius 1 is 1.27 bits per heavy atom. The van der Waals surface area contributed by atoms with Crippen molar-refractivity contribution in [1.29, 1.82) is 0 Å². The molecule has 5 heteroatoms. The lowest BCUT2D eigenvalue weighted by atomic mass is 10.3. The lowest BCUT2D eigenvalue weighted by Crippen LogP contribution is -1.81. The van der Waals surface area contributed by atoms with Crippen LogP contribution in [0.1, 0.15) is 4.88 Å². The third-order valence-corrected chi connectivity index (χ3v) is 3.48. The Hall–Kier alpha value is -0.770. The Bertz CT molecular complexity index is 444. The van der Waals surface area contributed by atoms with E-state index in [-0.39, 0.29) is 0 Å². The molecule has 2 aromatic rings. The molecule has 0 aliphatic carbocycles. The van der Waals surface area contributed by atoms with E-state index in [0.29, 0.717) is 16.2 Å². The number of para-hydroxylation sites is 1. The smallest absolute Gasteiger partial charge is 0.280 e. The molecule has 0 unspecified atom stereocenters. The van der Waals surface area contributed by atoms with Gasteiger partial charge in [0.1, 0.15) is 10.9 Å². The standard InChI is InChI=1S/C10H7Cl2NOS/c11-6-8-9(12)13-10(15-8)14-7-4-2-1-3-5-7/h1-5H,6H2. The van der Waals surface area contributed by atoms with E-state index in [9.17, 15) is 0 Å². The summed E-state index contributed by atoms with van der Waals surface area (Å²) in [4.78, 5) is 4.88. The largest absolute Gasteiger partial charge is 0.431 e. The first-order valence-corrected chi connectivity index (χ1v) is 5.96. The first-order valence-electron chi connectivity index (χ1n) is 4.23. The molecule has 2 nitrogen and oxygen atoms in total. The first kappa shape index (κ1) is 10.7. The zero-order valence-corrected chi connectivity index (χ0v) is 9.94. The van der Waals surface area contributed by atoms with Crippen LogP contribution in [0.5, 0.6) is 10.9 Å². The predicted molar refractivity (Wildman–Crippen MR) is 63.2 cm³/mol.